The van der Waals surface area contributed by atoms with E-state index in [0.29, 0.717) is 17.5 Å². The molecule has 2 aliphatic rings. The van der Waals surface area contributed by atoms with Crippen LogP contribution >= 0.6 is 11.8 Å². The monoisotopic (exact) mass is 441 g/mol. The fourth-order valence-corrected chi connectivity index (χ4v) is 7.46. The maximum absolute atomic E-state index is 12.1. The van der Waals surface area contributed by atoms with Gasteiger partial charge in [-0.1, -0.05) is 42.1 Å². The molecule has 2 aliphatic heterocycles. The van der Waals surface area contributed by atoms with Gasteiger partial charge >= 0.3 is 0 Å². The molecule has 7 nitrogen and oxygen atoms in total. The van der Waals surface area contributed by atoms with Crippen molar-refractivity contribution < 1.29 is 17.9 Å². The van der Waals surface area contributed by atoms with Crippen LogP contribution in [-0.2, 0) is 21.2 Å². The summed E-state index contributed by atoms with van der Waals surface area (Å²) in [5.74, 6) is 0.227. The first-order chi connectivity index (χ1) is 14.4. The Morgan fingerprint density at radius 2 is 1.90 bits per heavy atom. The molecular weight excluding hydrogens is 422 g/mol. The molecule has 0 N–H and O–H groups in total. The van der Waals surface area contributed by atoms with E-state index in [1.807, 2.05) is 54.6 Å². The Labute approximate surface area is 179 Å². The molecule has 30 heavy (non-hydrogen) atoms. The van der Waals surface area contributed by atoms with Crippen molar-refractivity contribution in [1.29, 1.82) is 5.26 Å². The lowest BCUT2D eigenvalue weighted by Crippen LogP contribution is -2.37. The highest BCUT2D eigenvalue weighted by atomic mass is 32.2. The van der Waals surface area contributed by atoms with Gasteiger partial charge in [-0.3, -0.25) is 4.79 Å². The van der Waals surface area contributed by atoms with E-state index >= 15 is 0 Å². The average molecular weight is 442 g/mol. The van der Waals surface area contributed by atoms with E-state index < -0.39 is 15.7 Å². The van der Waals surface area contributed by atoms with Gasteiger partial charge in [0, 0.05) is 10.9 Å². The van der Waals surface area contributed by atoms with Crippen LogP contribution in [-0.4, -0.2) is 42.3 Å². The zero-order valence-electron chi connectivity index (χ0n) is 16.0. The van der Waals surface area contributed by atoms with E-state index in [-0.39, 0.29) is 29.2 Å². The van der Waals surface area contributed by atoms with E-state index in [1.54, 1.807) is 11.0 Å². The number of amides is 1. The Bertz CT molecular complexity index is 1110. The van der Waals surface area contributed by atoms with E-state index in [9.17, 15) is 13.2 Å². The minimum atomic E-state index is -3.14. The van der Waals surface area contributed by atoms with Crippen LogP contribution in [0.5, 0.6) is 5.75 Å². The lowest BCUT2D eigenvalue weighted by molar-refractivity contribution is -0.116. The molecule has 154 valence electrons. The number of aliphatic imine (C=N–C) groups is 1. The standard InChI is InChI=1S/C21H19N3O4S2/c22-11-10-20(25)23-21-24(18-13-30(26,27)14-19(18)29-21)16-6-8-17(9-7-16)28-12-15-4-2-1-3-5-15/h1-9,18-19H,10,12-14H2. The van der Waals surface area contributed by atoms with Gasteiger partial charge in [0.2, 0.25) is 0 Å². The Kier molecular flexibility index (Phi) is 5.79. The van der Waals surface area contributed by atoms with Crippen molar-refractivity contribution in [2.45, 2.75) is 24.3 Å². The van der Waals surface area contributed by atoms with Gasteiger partial charge in [-0.05, 0) is 29.8 Å². The smallest absolute Gasteiger partial charge is 0.262 e. The van der Waals surface area contributed by atoms with Crippen molar-refractivity contribution >= 4 is 38.4 Å². The highest BCUT2D eigenvalue weighted by Crippen LogP contribution is 2.41. The maximum Gasteiger partial charge on any atom is 0.262 e. The van der Waals surface area contributed by atoms with Crippen LogP contribution in [0.2, 0.25) is 0 Å². The van der Waals surface area contributed by atoms with Gasteiger partial charge in [0.15, 0.2) is 15.0 Å². The molecule has 2 heterocycles. The summed E-state index contributed by atoms with van der Waals surface area (Å²) in [5.41, 5.74) is 1.80. The molecule has 2 unspecified atom stereocenters. The average Bonchev–Trinajstić information content (AvgIpc) is 3.18. The van der Waals surface area contributed by atoms with Crippen LogP contribution in [0.3, 0.4) is 0 Å². The van der Waals surface area contributed by atoms with Crippen molar-refractivity contribution in [2.24, 2.45) is 4.99 Å². The van der Waals surface area contributed by atoms with Crippen LogP contribution < -0.4 is 9.64 Å². The molecule has 2 atom stereocenters. The first kappa shape index (κ1) is 20.4. The number of carbonyl (C=O) groups is 1. The minimum Gasteiger partial charge on any atom is -0.489 e. The Hall–Kier alpha value is -2.83. The SMILES string of the molecule is N#CCC(=O)N=C1SC2CS(=O)(=O)CC2N1c1ccc(OCc2ccccc2)cc1. The van der Waals surface area contributed by atoms with Gasteiger partial charge in [-0.2, -0.15) is 10.3 Å². The topological polar surface area (TPSA) is 99.8 Å². The van der Waals surface area contributed by atoms with Crippen molar-refractivity contribution in [2.75, 3.05) is 16.4 Å². The van der Waals surface area contributed by atoms with Gasteiger partial charge < -0.3 is 9.64 Å². The van der Waals surface area contributed by atoms with E-state index in [4.69, 9.17) is 10.00 Å². The second-order valence-corrected chi connectivity index (χ2v) is 10.4. The van der Waals surface area contributed by atoms with Crippen molar-refractivity contribution in [3.8, 4) is 11.8 Å². The number of anilines is 1. The molecule has 2 fully saturated rings. The molecule has 2 aromatic rings. The number of sulfone groups is 1. The molecule has 4 rings (SSSR count). The molecule has 0 spiro atoms. The lowest BCUT2D eigenvalue weighted by Gasteiger charge is -2.24. The highest BCUT2D eigenvalue weighted by Gasteiger charge is 2.49. The first-order valence-corrected chi connectivity index (χ1v) is 12.1. The maximum atomic E-state index is 12.1. The number of hydrogen-bond acceptors (Lipinski definition) is 6. The number of amidine groups is 1. The molecule has 0 saturated carbocycles. The summed E-state index contributed by atoms with van der Waals surface area (Å²) in [6, 6.07) is 18.6. The predicted molar refractivity (Wildman–Crippen MR) is 116 cm³/mol. The van der Waals surface area contributed by atoms with Crippen LogP contribution in [0, 0.1) is 11.3 Å². The van der Waals surface area contributed by atoms with E-state index in [1.165, 1.54) is 11.8 Å². The molecule has 2 aromatic carbocycles. The molecule has 2 saturated heterocycles. The van der Waals surface area contributed by atoms with Crippen molar-refractivity contribution in [1.82, 2.24) is 0 Å². The number of nitrogens with zero attached hydrogens (tertiary/aromatic N) is 3. The fourth-order valence-electron chi connectivity index (χ4n) is 3.52. The minimum absolute atomic E-state index is 0.0163. The van der Waals surface area contributed by atoms with E-state index in [2.05, 4.69) is 4.99 Å². The normalized spacial score (nSPS) is 23.2. The summed E-state index contributed by atoms with van der Waals surface area (Å²) in [7, 11) is -3.14. The second-order valence-electron chi connectivity index (χ2n) is 7.06. The molecular formula is C21H19N3O4S2. The third-order valence-corrected chi connectivity index (χ3v) is 8.09. The predicted octanol–water partition coefficient (Wildman–Crippen LogP) is 2.78. The highest BCUT2D eigenvalue weighted by molar-refractivity contribution is 8.16. The fraction of sp³-hybridized carbons (Fsp3) is 0.286. The Morgan fingerprint density at radius 1 is 1.17 bits per heavy atom. The molecule has 0 aromatic heterocycles. The lowest BCUT2D eigenvalue weighted by atomic mass is 10.2. The molecule has 9 heteroatoms. The zero-order chi connectivity index (χ0) is 21.1. The third kappa shape index (κ3) is 4.50. The van der Waals surface area contributed by atoms with Gasteiger partial charge in [0.05, 0.1) is 23.6 Å². The summed E-state index contributed by atoms with van der Waals surface area (Å²) < 4.78 is 30.0. The number of nitriles is 1. The van der Waals surface area contributed by atoms with Crippen LogP contribution in [0.15, 0.2) is 59.6 Å². The first-order valence-electron chi connectivity index (χ1n) is 9.37. The molecule has 0 bridgehead atoms. The number of rotatable bonds is 5. The number of carbonyl (C=O) groups excluding carboxylic acids is 1. The van der Waals surface area contributed by atoms with Crippen molar-refractivity contribution in [3.63, 3.8) is 0 Å². The van der Waals surface area contributed by atoms with Gasteiger partial charge in [-0.25, -0.2) is 8.42 Å². The summed E-state index contributed by atoms with van der Waals surface area (Å²) in [6.07, 6.45) is -0.308. The van der Waals surface area contributed by atoms with Crippen LogP contribution in [0.25, 0.3) is 0 Å². The quantitative estimate of drug-likeness (QED) is 0.703. The van der Waals surface area contributed by atoms with Crippen LogP contribution in [0.1, 0.15) is 12.0 Å². The summed E-state index contributed by atoms with van der Waals surface area (Å²) in [6.45, 7) is 0.443. The Balaban J connectivity index is 1.55. The molecule has 1 amide bonds. The van der Waals surface area contributed by atoms with Gasteiger partial charge in [-0.15, -0.1) is 0 Å². The number of ether oxygens (including phenoxy) is 1. The van der Waals surface area contributed by atoms with Gasteiger partial charge in [0.1, 0.15) is 18.8 Å². The number of thioether (sulfide) groups is 1. The summed E-state index contributed by atoms with van der Waals surface area (Å²) in [4.78, 5) is 17.8. The number of hydrogen-bond donors (Lipinski definition) is 0. The third-order valence-electron chi connectivity index (χ3n) is 4.88. The van der Waals surface area contributed by atoms with E-state index in [0.717, 1.165) is 11.3 Å². The number of fused-ring (bicyclic) bond motifs is 1. The molecule has 0 aliphatic carbocycles. The summed E-state index contributed by atoms with van der Waals surface area (Å²) in [5, 5.41) is 8.99. The largest absolute Gasteiger partial charge is 0.489 e. The molecule has 0 radical (unpaired) electrons. The van der Waals surface area contributed by atoms with Crippen molar-refractivity contribution in [3.05, 3.63) is 60.2 Å². The second kappa shape index (κ2) is 8.50. The zero-order valence-corrected chi connectivity index (χ0v) is 17.6. The van der Waals surface area contributed by atoms with Crippen LogP contribution in [0.4, 0.5) is 5.69 Å². The van der Waals surface area contributed by atoms with Gasteiger partial charge in [0.25, 0.3) is 5.91 Å². The summed E-state index contributed by atoms with van der Waals surface area (Å²) >= 11 is 1.29. The number of benzene rings is 2. The Morgan fingerprint density at radius 3 is 2.60 bits per heavy atom.